The Balaban J connectivity index is 2.36. The van der Waals surface area contributed by atoms with Crippen molar-refractivity contribution in [2.45, 2.75) is 6.04 Å². The molecule has 3 N–H and O–H groups in total. The zero-order valence-corrected chi connectivity index (χ0v) is 10.5. The van der Waals surface area contributed by atoms with Gasteiger partial charge >= 0.3 is 0 Å². The average molecular weight is 287 g/mol. The maximum Gasteiger partial charge on any atom is 0.0970 e. The Morgan fingerprint density at radius 2 is 2.33 bits per heavy atom. The van der Waals surface area contributed by atoms with Crippen molar-refractivity contribution < 1.29 is 0 Å². The molecule has 0 radical (unpaired) electrons. The lowest BCUT2D eigenvalue weighted by atomic mass is 10.2. The number of nitrogens with zero attached hydrogens (tertiary/aromatic N) is 2. The number of hydrogen-bond acceptors (Lipinski definition) is 4. The van der Waals surface area contributed by atoms with Crippen LogP contribution < -0.4 is 11.3 Å². The maximum absolute atomic E-state index is 5.57. The summed E-state index contributed by atoms with van der Waals surface area (Å²) in [4.78, 5) is 1.16. The fourth-order valence-electron chi connectivity index (χ4n) is 1.46. The Kier molecular flexibility index (Phi) is 3.20. The van der Waals surface area contributed by atoms with Crippen LogP contribution in [0.1, 0.15) is 16.6 Å². The first-order chi connectivity index (χ1) is 7.22. The molecule has 0 amide bonds. The molecule has 1 unspecified atom stereocenters. The molecule has 15 heavy (non-hydrogen) atoms. The number of hydrogen-bond donors (Lipinski definition) is 2. The van der Waals surface area contributed by atoms with Gasteiger partial charge in [-0.2, -0.15) is 5.10 Å². The first-order valence-electron chi connectivity index (χ1n) is 4.41. The first kappa shape index (κ1) is 10.8. The van der Waals surface area contributed by atoms with Gasteiger partial charge in [0.2, 0.25) is 0 Å². The third kappa shape index (κ3) is 2.12. The molecule has 0 saturated carbocycles. The van der Waals surface area contributed by atoms with Gasteiger partial charge in [0, 0.05) is 18.1 Å². The summed E-state index contributed by atoms with van der Waals surface area (Å²) in [5.41, 5.74) is 3.85. The molecule has 0 aliphatic rings. The van der Waals surface area contributed by atoms with Gasteiger partial charge in [-0.15, -0.1) is 11.3 Å². The Hall–Kier alpha value is -0.690. The Morgan fingerprint density at radius 3 is 2.80 bits per heavy atom. The molecule has 2 rings (SSSR count). The molecule has 0 saturated heterocycles. The fourth-order valence-corrected chi connectivity index (χ4v) is 2.96. The smallest absolute Gasteiger partial charge is 0.0970 e. The van der Waals surface area contributed by atoms with Crippen LogP contribution in [0.4, 0.5) is 0 Å². The summed E-state index contributed by atoms with van der Waals surface area (Å²) in [6.45, 7) is 0. The Bertz CT molecular complexity index is 450. The molecule has 0 fully saturated rings. The summed E-state index contributed by atoms with van der Waals surface area (Å²) in [6.07, 6.45) is 1.77. The number of nitrogens with one attached hydrogen (secondary N) is 1. The second kappa shape index (κ2) is 4.44. The maximum atomic E-state index is 5.57. The van der Waals surface area contributed by atoms with E-state index in [2.05, 4.69) is 26.5 Å². The lowest BCUT2D eigenvalue weighted by Crippen LogP contribution is -2.29. The van der Waals surface area contributed by atoms with Crippen molar-refractivity contribution in [1.82, 2.24) is 15.2 Å². The van der Waals surface area contributed by atoms with Crippen LogP contribution >= 0.6 is 27.3 Å². The molecule has 0 aliphatic heterocycles. The van der Waals surface area contributed by atoms with Crippen molar-refractivity contribution in [3.8, 4) is 0 Å². The van der Waals surface area contributed by atoms with Gasteiger partial charge < -0.3 is 0 Å². The quantitative estimate of drug-likeness (QED) is 0.668. The van der Waals surface area contributed by atoms with Gasteiger partial charge in [0.05, 0.1) is 15.5 Å². The molecule has 1 atom stereocenters. The summed E-state index contributed by atoms with van der Waals surface area (Å²) < 4.78 is 2.91. The predicted molar refractivity (Wildman–Crippen MR) is 64.4 cm³/mol. The normalized spacial score (nSPS) is 13.0. The van der Waals surface area contributed by atoms with E-state index in [1.165, 1.54) is 0 Å². The van der Waals surface area contributed by atoms with E-state index in [1.807, 2.05) is 29.9 Å². The van der Waals surface area contributed by atoms with Gasteiger partial charge in [-0.25, -0.2) is 5.43 Å². The van der Waals surface area contributed by atoms with Crippen LogP contribution in [0.25, 0.3) is 0 Å². The molecule has 2 heterocycles. The highest BCUT2D eigenvalue weighted by molar-refractivity contribution is 9.11. The van der Waals surface area contributed by atoms with Gasteiger partial charge in [-0.1, -0.05) is 0 Å². The Labute approximate surface area is 100 Å². The van der Waals surface area contributed by atoms with E-state index in [4.69, 9.17) is 5.84 Å². The molecule has 0 spiro atoms. The SMILES string of the molecule is Cn1nccc1C(NN)c1ccc(Br)s1. The number of thiophene rings is 1. The van der Waals surface area contributed by atoms with Crippen molar-refractivity contribution in [3.63, 3.8) is 0 Å². The lowest BCUT2D eigenvalue weighted by Gasteiger charge is -2.14. The van der Waals surface area contributed by atoms with Crippen LogP contribution in [0.15, 0.2) is 28.2 Å². The summed E-state index contributed by atoms with van der Waals surface area (Å²) in [7, 11) is 1.91. The van der Waals surface area contributed by atoms with Crippen molar-refractivity contribution in [3.05, 3.63) is 38.8 Å². The highest BCUT2D eigenvalue weighted by Crippen LogP contribution is 2.30. The van der Waals surface area contributed by atoms with Gasteiger partial charge in [0.15, 0.2) is 0 Å². The Morgan fingerprint density at radius 1 is 1.53 bits per heavy atom. The number of nitrogens with two attached hydrogens (primary N) is 1. The molecule has 0 bridgehead atoms. The van der Waals surface area contributed by atoms with Crippen LogP contribution in [0.2, 0.25) is 0 Å². The van der Waals surface area contributed by atoms with Crippen molar-refractivity contribution >= 4 is 27.3 Å². The van der Waals surface area contributed by atoms with Gasteiger partial charge in [-0.05, 0) is 34.1 Å². The van der Waals surface area contributed by atoms with E-state index in [-0.39, 0.29) is 6.04 Å². The minimum atomic E-state index is -0.00574. The van der Waals surface area contributed by atoms with Crippen LogP contribution in [0.5, 0.6) is 0 Å². The van der Waals surface area contributed by atoms with Crippen LogP contribution in [-0.4, -0.2) is 9.78 Å². The largest absolute Gasteiger partial charge is 0.271 e. The van der Waals surface area contributed by atoms with Crippen LogP contribution in [0.3, 0.4) is 0 Å². The van der Waals surface area contributed by atoms with E-state index < -0.39 is 0 Å². The zero-order chi connectivity index (χ0) is 10.8. The summed E-state index contributed by atoms with van der Waals surface area (Å²) in [5, 5.41) is 4.13. The summed E-state index contributed by atoms with van der Waals surface area (Å²) in [5.74, 6) is 5.57. The fraction of sp³-hybridized carbons (Fsp3) is 0.222. The molecule has 4 nitrogen and oxygen atoms in total. The number of aryl methyl sites for hydroxylation is 1. The molecule has 0 aliphatic carbocycles. The summed E-state index contributed by atoms with van der Waals surface area (Å²) >= 11 is 5.10. The van der Waals surface area contributed by atoms with Crippen molar-refractivity contribution in [2.75, 3.05) is 0 Å². The van der Waals surface area contributed by atoms with Gasteiger partial charge in [0.1, 0.15) is 0 Å². The zero-order valence-electron chi connectivity index (χ0n) is 8.14. The number of rotatable bonds is 3. The molecule has 0 aromatic carbocycles. The number of aromatic nitrogens is 2. The highest BCUT2D eigenvalue weighted by Gasteiger charge is 2.17. The minimum Gasteiger partial charge on any atom is -0.271 e. The second-order valence-electron chi connectivity index (χ2n) is 3.12. The van der Waals surface area contributed by atoms with Crippen molar-refractivity contribution in [1.29, 1.82) is 0 Å². The molecular weight excluding hydrogens is 276 g/mol. The number of hydrazine groups is 1. The monoisotopic (exact) mass is 286 g/mol. The van der Waals surface area contributed by atoms with E-state index in [1.54, 1.807) is 17.5 Å². The van der Waals surface area contributed by atoms with E-state index in [0.29, 0.717) is 0 Å². The summed E-state index contributed by atoms with van der Waals surface area (Å²) in [6, 6.07) is 6.01. The third-order valence-corrected chi connectivity index (χ3v) is 3.89. The van der Waals surface area contributed by atoms with Gasteiger partial charge in [-0.3, -0.25) is 10.5 Å². The number of halogens is 1. The van der Waals surface area contributed by atoms with E-state index >= 15 is 0 Å². The molecular formula is C9H11BrN4S. The molecule has 6 heteroatoms. The highest BCUT2D eigenvalue weighted by atomic mass is 79.9. The third-order valence-electron chi connectivity index (χ3n) is 2.20. The first-order valence-corrected chi connectivity index (χ1v) is 6.02. The van der Waals surface area contributed by atoms with E-state index in [0.717, 1.165) is 14.4 Å². The minimum absolute atomic E-state index is 0.00574. The molecule has 80 valence electrons. The molecule has 2 aromatic rings. The second-order valence-corrected chi connectivity index (χ2v) is 5.62. The topological polar surface area (TPSA) is 55.9 Å². The van der Waals surface area contributed by atoms with Crippen LogP contribution in [0, 0.1) is 0 Å². The standard InChI is InChI=1S/C9H11BrN4S/c1-14-6(4-5-12-14)9(13-11)7-2-3-8(10)15-7/h2-5,9,13H,11H2,1H3. The molecule has 2 aromatic heterocycles. The lowest BCUT2D eigenvalue weighted by molar-refractivity contribution is 0.582. The predicted octanol–water partition coefficient (Wildman–Crippen LogP) is 1.80. The van der Waals surface area contributed by atoms with Crippen LogP contribution in [-0.2, 0) is 7.05 Å². The van der Waals surface area contributed by atoms with E-state index in [9.17, 15) is 0 Å². The van der Waals surface area contributed by atoms with Gasteiger partial charge in [0.25, 0.3) is 0 Å². The average Bonchev–Trinajstić information content (AvgIpc) is 2.79. The van der Waals surface area contributed by atoms with Crippen molar-refractivity contribution in [2.24, 2.45) is 12.9 Å².